The molecule has 1 aromatic heterocycles. The smallest absolute Gasteiger partial charge is 0.422 e. The molecule has 0 aliphatic carbocycles. The quantitative estimate of drug-likeness (QED) is 0.394. The van der Waals surface area contributed by atoms with E-state index in [-0.39, 0.29) is 24.9 Å². The maximum Gasteiger partial charge on any atom is 0.422 e. The lowest BCUT2D eigenvalue weighted by molar-refractivity contribution is -0.159. The standard InChI is InChI=1S/C19H14F6N2O3/c20-18(21,22)10-30-17-14(19(23,24)25)5-11(6-26-17)7-27-8-12-3-1-2-4-13(12)16(27)15(29)9-28/h1-6,9,16H,7-8,10H2. The van der Waals surface area contributed by atoms with Gasteiger partial charge in [0.25, 0.3) is 0 Å². The SMILES string of the molecule is O=CC(=O)C1c2ccccc2CN1Cc1cnc(OCC(F)(F)F)c(C(F)(F)F)c1. The Morgan fingerprint density at radius 3 is 2.53 bits per heavy atom. The van der Waals surface area contributed by atoms with Gasteiger partial charge in [0, 0.05) is 19.3 Å². The molecule has 0 saturated carbocycles. The number of ether oxygens (including phenoxy) is 1. The van der Waals surface area contributed by atoms with Crippen molar-refractivity contribution in [3.8, 4) is 5.88 Å². The topological polar surface area (TPSA) is 59.5 Å². The number of hydrogen-bond donors (Lipinski definition) is 0. The zero-order chi connectivity index (χ0) is 22.1. The van der Waals surface area contributed by atoms with Gasteiger partial charge in [-0.2, -0.15) is 26.3 Å². The van der Waals surface area contributed by atoms with Crippen molar-refractivity contribution in [1.82, 2.24) is 9.88 Å². The van der Waals surface area contributed by atoms with E-state index in [9.17, 15) is 35.9 Å². The predicted octanol–water partition coefficient (Wildman–Crippen LogP) is 3.87. The molecular weight excluding hydrogens is 418 g/mol. The molecular formula is C19H14F6N2O3. The largest absolute Gasteiger partial charge is 0.468 e. The first-order valence-electron chi connectivity index (χ1n) is 8.56. The molecule has 2 heterocycles. The van der Waals surface area contributed by atoms with Crippen LogP contribution in [0.3, 0.4) is 0 Å². The summed E-state index contributed by atoms with van der Waals surface area (Å²) < 4.78 is 81.1. The van der Waals surface area contributed by atoms with Crippen molar-refractivity contribution in [1.29, 1.82) is 0 Å². The van der Waals surface area contributed by atoms with E-state index in [1.807, 2.05) is 0 Å². The van der Waals surface area contributed by atoms with Crippen molar-refractivity contribution in [2.45, 2.75) is 31.5 Å². The van der Waals surface area contributed by atoms with E-state index in [0.29, 0.717) is 11.6 Å². The lowest BCUT2D eigenvalue weighted by atomic mass is 10.0. The Kier molecular flexibility index (Phi) is 5.84. The summed E-state index contributed by atoms with van der Waals surface area (Å²) in [6.45, 7) is -1.90. The van der Waals surface area contributed by atoms with Gasteiger partial charge >= 0.3 is 12.4 Å². The highest BCUT2D eigenvalue weighted by molar-refractivity contribution is 6.27. The minimum absolute atomic E-state index is 0.00168. The Balaban J connectivity index is 1.89. The Morgan fingerprint density at radius 2 is 1.90 bits per heavy atom. The van der Waals surface area contributed by atoms with Crippen LogP contribution in [-0.2, 0) is 28.9 Å². The first-order chi connectivity index (χ1) is 14.0. The highest BCUT2D eigenvalue weighted by atomic mass is 19.4. The van der Waals surface area contributed by atoms with Crippen molar-refractivity contribution in [2.75, 3.05) is 6.61 Å². The zero-order valence-electron chi connectivity index (χ0n) is 15.1. The van der Waals surface area contributed by atoms with Crippen molar-refractivity contribution in [3.63, 3.8) is 0 Å². The molecule has 1 aliphatic rings. The molecule has 30 heavy (non-hydrogen) atoms. The second-order valence-electron chi connectivity index (χ2n) is 6.62. The number of carbonyl (C=O) groups excluding carboxylic acids is 2. The fourth-order valence-electron chi connectivity index (χ4n) is 3.28. The van der Waals surface area contributed by atoms with Gasteiger partial charge in [0.15, 0.2) is 12.9 Å². The molecule has 0 N–H and O–H groups in total. The molecule has 0 fully saturated rings. The normalized spacial score (nSPS) is 16.9. The number of rotatable bonds is 6. The Labute approximate surface area is 166 Å². The highest BCUT2D eigenvalue weighted by Crippen LogP contribution is 2.38. The van der Waals surface area contributed by atoms with Crippen LogP contribution in [0.4, 0.5) is 26.3 Å². The van der Waals surface area contributed by atoms with Gasteiger partial charge in [-0.3, -0.25) is 14.5 Å². The summed E-state index contributed by atoms with van der Waals surface area (Å²) in [6.07, 6.45) is -8.73. The lowest BCUT2D eigenvalue weighted by Gasteiger charge is -2.23. The number of pyridine rings is 1. The molecule has 11 heteroatoms. The second kappa shape index (κ2) is 8.05. The number of halogens is 6. The van der Waals surface area contributed by atoms with Crippen molar-refractivity contribution >= 4 is 12.1 Å². The summed E-state index contributed by atoms with van der Waals surface area (Å²) in [5, 5.41) is 0. The number of fused-ring (bicyclic) bond motifs is 1. The van der Waals surface area contributed by atoms with Crippen molar-refractivity contribution in [3.05, 3.63) is 58.8 Å². The molecule has 1 aromatic carbocycles. The number of aromatic nitrogens is 1. The van der Waals surface area contributed by atoms with Crippen LogP contribution in [0.15, 0.2) is 36.5 Å². The van der Waals surface area contributed by atoms with Crippen molar-refractivity contribution < 1.29 is 40.7 Å². The Hall–Kier alpha value is -2.95. The maximum absolute atomic E-state index is 13.3. The highest BCUT2D eigenvalue weighted by Gasteiger charge is 2.39. The minimum Gasteiger partial charge on any atom is -0.468 e. The van der Waals surface area contributed by atoms with Gasteiger partial charge in [0.05, 0.1) is 0 Å². The molecule has 2 aromatic rings. The third-order valence-electron chi connectivity index (χ3n) is 4.45. The van der Waals surface area contributed by atoms with Crippen LogP contribution in [0.1, 0.15) is 28.3 Å². The van der Waals surface area contributed by atoms with Crippen LogP contribution in [-0.4, -0.2) is 34.7 Å². The first-order valence-corrected chi connectivity index (χ1v) is 8.56. The van der Waals surface area contributed by atoms with Gasteiger partial charge in [-0.05, 0) is 22.8 Å². The lowest BCUT2D eigenvalue weighted by Crippen LogP contribution is -2.29. The molecule has 1 atom stereocenters. The molecule has 0 saturated heterocycles. The van der Waals surface area contributed by atoms with Gasteiger partial charge in [-0.1, -0.05) is 24.3 Å². The minimum atomic E-state index is -5.00. The summed E-state index contributed by atoms with van der Waals surface area (Å²) in [4.78, 5) is 28.0. The van der Waals surface area contributed by atoms with E-state index in [1.54, 1.807) is 24.3 Å². The number of hydrogen-bond acceptors (Lipinski definition) is 5. The average Bonchev–Trinajstić information content (AvgIpc) is 3.02. The van der Waals surface area contributed by atoms with Gasteiger partial charge in [0.1, 0.15) is 11.6 Å². The van der Waals surface area contributed by atoms with E-state index in [2.05, 4.69) is 9.72 Å². The summed E-state index contributed by atoms with van der Waals surface area (Å²) in [7, 11) is 0. The van der Waals surface area contributed by atoms with E-state index in [1.165, 1.54) is 4.90 Å². The number of aldehydes is 1. The van der Waals surface area contributed by atoms with Crippen LogP contribution in [0.5, 0.6) is 5.88 Å². The fraction of sp³-hybridized carbons (Fsp3) is 0.316. The molecule has 1 unspecified atom stereocenters. The van der Waals surface area contributed by atoms with Crippen molar-refractivity contribution in [2.24, 2.45) is 0 Å². The first kappa shape index (κ1) is 21.8. The number of ketones is 1. The number of carbonyl (C=O) groups is 2. The Bertz CT molecular complexity index is 958. The third kappa shape index (κ3) is 4.78. The number of Topliss-reactive ketones (excluding diaryl/α,β-unsaturated/α-hetero) is 1. The third-order valence-corrected chi connectivity index (χ3v) is 4.45. The van der Waals surface area contributed by atoms with E-state index < -0.39 is 42.2 Å². The summed E-state index contributed by atoms with van der Waals surface area (Å²) >= 11 is 0. The summed E-state index contributed by atoms with van der Waals surface area (Å²) in [5.74, 6) is -1.94. The van der Waals surface area contributed by atoms with Gasteiger partial charge in [-0.15, -0.1) is 0 Å². The average molecular weight is 432 g/mol. The van der Waals surface area contributed by atoms with Gasteiger partial charge in [-0.25, -0.2) is 4.98 Å². The maximum atomic E-state index is 13.3. The molecule has 0 radical (unpaired) electrons. The number of nitrogens with zero attached hydrogens (tertiary/aromatic N) is 2. The molecule has 1 aliphatic heterocycles. The predicted molar refractivity (Wildman–Crippen MR) is 90.3 cm³/mol. The van der Waals surface area contributed by atoms with Gasteiger partial charge in [0.2, 0.25) is 11.7 Å². The molecule has 160 valence electrons. The van der Waals surface area contributed by atoms with E-state index in [4.69, 9.17) is 0 Å². The molecule has 0 amide bonds. The van der Waals surface area contributed by atoms with Gasteiger partial charge < -0.3 is 4.74 Å². The monoisotopic (exact) mass is 432 g/mol. The molecule has 0 spiro atoms. The molecule has 5 nitrogen and oxygen atoms in total. The van der Waals surface area contributed by atoms with Crippen LogP contribution >= 0.6 is 0 Å². The zero-order valence-corrected chi connectivity index (χ0v) is 15.1. The molecule has 0 bridgehead atoms. The van der Waals surface area contributed by atoms with E-state index >= 15 is 0 Å². The van der Waals surface area contributed by atoms with Crippen LogP contribution < -0.4 is 4.74 Å². The Morgan fingerprint density at radius 1 is 1.20 bits per heavy atom. The summed E-state index contributed by atoms with van der Waals surface area (Å²) in [6, 6.07) is 6.44. The number of benzene rings is 1. The van der Waals surface area contributed by atoms with Crippen LogP contribution in [0.2, 0.25) is 0 Å². The fourth-order valence-corrected chi connectivity index (χ4v) is 3.28. The number of alkyl halides is 6. The van der Waals surface area contributed by atoms with E-state index in [0.717, 1.165) is 11.8 Å². The molecule has 3 rings (SSSR count). The summed E-state index contributed by atoms with van der Waals surface area (Å²) in [5.41, 5.74) is -0.145. The van der Waals surface area contributed by atoms with Crippen LogP contribution in [0, 0.1) is 0 Å². The second-order valence-corrected chi connectivity index (χ2v) is 6.62. The van der Waals surface area contributed by atoms with Crippen LogP contribution in [0.25, 0.3) is 0 Å².